The van der Waals surface area contributed by atoms with Crippen LogP contribution in [-0.2, 0) is 20.7 Å². The van der Waals surface area contributed by atoms with Gasteiger partial charge >= 0.3 is 5.97 Å². The van der Waals surface area contributed by atoms with Gasteiger partial charge in [0.05, 0.1) is 12.5 Å². The summed E-state index contributed by atoms with van der Waals surface area (Å²) < 4.78 is 5.65. The van der Waals surface area contributed by atoms with Gasteiger partial charge in [-0.25, -0.2) is 0 Å². The van der Waals surface area contributed by atoms with Crippen molar-refractivity contribution in [3.8, 4) is 0 Å². The van der Waals surface area contributed by atoms with Crippen molar-refractivity contribution >= 4 is 11.9 Å². The Hall–Kier alpha value is -1.88. The number of fused-ring (bicyclic) bond motifs is 1. The number of rotatable bonds is 5. The maximum absolute atomic E-state index is 12.7. The number of carboxylic acid groups (broad SMARTS) is 1. The SMILES string of the molecule is CCN(CC(C)C(=O)O)C(=O)C1OCCc2ccccc21. The number of nitrogens with zero attached hydrogens (tertiary/aromatic N) is 1. The average Bonchev–Trinajstić information content (AvgIpc) is 2.51. The molecular formula is C16H21NO4. The van der Waals surface area contributed by atoms with Crippen LogP contribution in [0.1, 0.15) is 31.1 Å². The molecule has 2 unspecified atom stereocenters. The minimum absolute atomic E-state index is 0.155. The molecule has 2 atom stereocenters. The van der Waals surface area contributed by atoms with Crippen LogP contribution in [0, 0.1) is 5.92 Å². The summed E-state index contributed by atoms with van der Waals surface area (Å²) in [5.41, 5.74) is 2.03. The Morgan fingerprint density at radius 3 is 2.81 bits per heavy atom. The Kier molecular flexibility index (Phi) is 4.96. The summed E-state index contributed by atoms with van der Waals surface area (Å²) in [6.45, 7) is 4.64. The summed E-state index contributed by atoms with van der Waals surface area (Å²) in [5.74, 6) is -1.64. The van der Waals surface area contributed by atoms with Crippen LogP contribution in [0.25, 0.3) is 0 Å². The molecule has 0 bridgehead atoms. The van der Waals surface area contributed by atoms with Gasteiger partial charge in [-0.15, -0.1) is 0 Å². The molecule has 0 aliphatic carbocycles. The predicted octanol–water partition coefficient (Wildman–Crippen LogP) is 1.87. The van der Waals surface area contributed by atoms with Gasteiger partial charge in [-0.05, 0) is 24.5 Å². The lowest BCUT2D eigenvalue weighted by atomic mass is 9.96. The van der Waals surface area contributed by atoms with E-state index in [0.29, 0.717) is 13.2 Å². The second-order valence-corrected chi connectivity index (χ2v) is 5.32. The van der Waals surface area contributed by atoms with Crippen molar-refractivity contribution in [2.75, 3.05) is 19.7 Å². The molecule has 0 aromatic heterocycles. The molecule has 1 aromatic carbocycles. The van der Waals surface area contributed by atoms with Crippen LogP contribution in [0.3, 0.4) is 0 Å². The minimum Gasteiger partial charge on any atom is -0.481 e. The molecule has 0 radical (unpaired) electrons. The smallest absolute Gasteiger partial charge is 0.308 e. The Morgan fingerprint density at radius 1 is 1.43 bits per heavy atom. The first-order valence-corrected chi connectivity index (χ1v) is 7.25. The van der Waals surface area contributed by atoms with Crippen LogP contribution in [0.4, 0.5) is 0 Å². The van der Waals surface area contributed by atoms with Crippen LogP contribution < -0.4 is 0 Å². The summed E-state index contributed by atoms with van der Waals surface area (Å²) in [6.07, 6.45) is 0.188. The first-order chi connectivity index (χ1) is 10.0. The number of ether oxygens (including phenoxy) is 1. The number of likely N-dealkylation sites (N-methyl/N-ethyl adjacent to an activating group) is 1. The van der Waals surface area contributed by atoms with E-state index in [1.807, 2.05) is 31.2 Å². The lowest BCUT2D eigenvalue weighted by Crippen LogP contribution is -2.41. The highest BCUT2D eigenvalue weighted by Crippen LogP contribution is 2.28. The van der Waals surface area contributed by atoms with Crippen molar-refractivity contribution < 1.29 is 19.4 Å². The molecule has 1 aliphatic rings. The fraction of sp³-hybridized carbons (Fsp3) is 0.500. The molecule has 114 valence electrons. The summed E-state index contributed by atoms with van der Waals surface area (Å²) >= 11 is 0. The number of benzene rings is 1. The summed E-state index contributed by atoms with van der Waals surface area (Å²) in [7, 11) is 0. The predicted molar refractivity (Wildman–Crippen MR) is 77.9 cm³/mol. The topological polar surface area (TPSA) is 66.8 Å². The van der Waals surface area contributed by atoms with E-state index in [1.165, 1.54) is 0 Å². The molecule has 2 rings (SSSR count). The highest BCUT2D eigenvalue weighted by molar-refractivity contribution is 5.83. The number of hydrogen-bond donors (Lipinski definition) is 1. The zero-order valence-corrected chi connectivity index (χ0v) is 12.4. The minimum atomic E-state index is -0.897. The first-order valence-electron chi connectivity index (χ1n) is 7.25. The van der Waals surface area contributed by atoms with Gasteiger partial charge in [-0.1, -0.05) is 31.2 Å². The summed E-state index contributed by atoms with van der Waals surface area (Å²) in [6, 6.07) is 7.76. The van der Waals surface area contributed by atoms with E-state index in [-0.39, 0.29) is 12.5 Å². The van der Waals surface area contributed by atoms with E-state index in [0.717, 1.165) is 17.5 Å². The van der Waals surface area contributed by atoms with Gasteiger partial charge < -0.3 is 14.7 Å². The Balaban J connectivity index is 2.17. The Morgan fingerprint density at radius 2 is 2.14 bits per heavy atom. The lowest BCUT2D eigenvalue weighted by molar-refractivity contribution is -0.148. The molecule has 1 heterocycles. The van der Waals surface area contributed by atoms with Crippen LogP contribution in [-0.4, -0.2) is 41.6 Å². The van der Waals surface area contributed by atoms with Crippen LogP contribution >= 0.6 is 0 Å². The number of aliphatic carboxylic acids is 1. The molecule has 0 saturated heterocycles. The number of amides is 1. The van der Waals surface area contributed by atoms with Crippen molar-refractivity contribution in [3.63, 3.8) is 0 Å². The molecule has 5 nitrogen and oxygen atoms in total. The van der Waals surface area contributed by atoms with Gasteiger partial charge in [0.25, 0.3) is 5.91 Å². The summed E-state index contributed by atoms with van der Waals surface area (Å²) in [5, 5.41) is 9.01. The van der Waals surface area contributed by atoms with Crippen molar-refractivity contribution in [2.24, 2.45) is 5.92 Å². The van der Waals surface area contributed by atoms with Crippen LogP contribution in [0.2, 0.25) is 0 Å². The molecule has 0 spiro atoms. The summed E-state index contributed by atoms with van der Waals surface area (Å²) in [4.78, 5) is 25.2. The van der Waals surface area contributed by atoms with E-state index >= 15 is 0 Å². The lowest BCUT2D eigenvalue weighted by Gasteiger charge is -2.31. The van der Waals surface area contributed by atoms with Crippen molar-refractivity contribution in [1.29, 1.82) is 0 Å². The molecule has 0 fully saturated rings. The van der Waals surface area contributed by atoms with Gasteiger partial charge in [0.15, 0.2) is 6.10 Å². The molecule has 1 N–H and O–H groups in total. The van der Waals surface area contributed by atoms with E-state index in [9.17, 15) is 9.59 Å². The van der Waals surface area contributed by atoms with E-state index < -0.39 is 18.0 Å². The molecule has 1 aromatic rings. The third-order valence-corrected chi connectivity index (χ3v) is 3.83. The molecule has 5 heteroatoms. The van der Waals surface area contributed by atoms with E-state index in [2.05, 4.69) is 0 Å². The van der Waals surface area contributed by atoms with Crippen LogP contribution in [0.5, 0.6) is 0 Å². The molecule has 1 aliphatic heterocycles. The highest BCUT2D eigenvalue weighted by atomic mass is 16.5. The number of hydrogen-bond acceptors (Lipinski definition) is 3. The zero-order valence-electron chi connectivity index (χ0n) is 12.4. The monoisotopic (exact) mass is 291 g/mol. The fourth-order valence-electron chi connectivity index (χ4n) is 2.55. The van der Waals surface area contributed by atoms with Crippen molar-refractivity contribution in [1.82, 2.24) is 4.90 Å². The second-order valence-electron chi connectivity index (χ2n) is 5.32. The number of carbonyl (C=O) groups is 2. The molecular weight excluding hydrogens is 270 g/mol. The number of carbonyl (C=O) groups excluding carboxylic acids is 1. The first kappa shape index (κ1) is 15.5. The average molecular weight is 291 g/mol. The normalized spacial score (nSPS) is 18.7. The maximum atomic E-state index is 12.7. The van der Waals surface area contributed by atoms with Gasteiger partial charge in [0.1, 0.15) is 0 Å². The molecule has 0 saturated carbocycles. The molecule has 1 amide bonds. The number of carboxylic acids is 1. The molecule has 21 heavy (non-hydrogen) atoms. The van der Waals surface area contributed by atoms with Crippen molar-refractivity contribution in [2.45, 2.75) is 26.4 Å². The van der Waals surface area contributed by atoms with Gasteiger partial charge in [-0.2, -0.15) is 0 Å². The second kappa shape index (κ2) is 6.72. The largest absolute Gasteiger partial charge is 0.481 e. The van der Waals surface area contributed by atoms with Crippen molar-refractivity contribution in [3.05, 3.63) is 35.4 Å². The van der Waals surface area contributed by atoms with E-state index in [4.69, 9.17) is 9.84 Å². The standard InChI is InChI=1S/C16H21NO4/c1-3-17(10-11(2)16(19)20)15(18)14-13-7-5-4-6-12(13)8-9-21-14/h4-7,11,14H,3,8-10H2,1-2H3,(H,19,20). The third-order valence-electron chi connectivity index (χ3n) is 3.83. The Labute approximate surface area is 124 Å². The third kappa shape index (κ3) is 3.42. The maximum Gasteiger partial charge on any atom is 0.308 e. The van der Waals surface area contributed by atoms with Crippen LogP contribution in [0.15, 0.2) is 24.3 Å². The van der Waals surface area contributed by atoms with Gasteiger partial charge in [-0.3, -0.25) is 9.59 Å². The van der Waals surface area contributed by atoms with Gasteiger partial charge in [0, 0.05) is 13.1 Å². The quantitative estimate of drug-likeness (QED) is 0.899. The van der Waals surface area contributed by atoms with Gasteiger partial charge in [0.2, 0.25) is 0 Å². The highest BCUT2D eigenvalue weighted by Gasteiger charge is 2.31. The fourth-order valence-corrected chi connectivity index (χ4v) is 2.55. The zero-order chi connectivity index (χ0) is 15.4. The van der Waals surface area contributed by atoms with E-state index in [1.54, 1.807) is 11.8 Å². The Bertz CT molecular complexity index is 529.